The maximum Gasteiger partial charge on any atom is 0.257 e. The first-order chi connectivity index (χ1) is 9.49. The number of aryl methyl sites for hydroxylation is 2. The summed E-state index contributed by atoms with van der Waals surface area (Å²) in [6.07, 6.45) is 5.22. The zero-order chi connectivity index (χ0) is 14.7. The molecule has 106 valence electrons. The molecule has 0 aliphatic rings. The molecule has 2 N–H and O–H groups in total. The van der Waals surface area contributed by atoms with Crippen LogP contribution in [0.2, 0.25) is 0 Å². The highest BCUT2D eigenvalue weighted by atomic mass is 16.2. The lowest BCUT2D eigenvalue weighted by Gasteiger charge is -2.14. The van der Waals surface area contributed by atoms with E-state index in [9.17, 15) is 9.59 Å². The largest absolute Gasteiger partial charge is 0.362 e. The van der Waals surface area contributed by atoms with Gasteiger partial charge in [0.25, 0.3) is 5.91 Å². The van der Waals surface area contributed by atoms with Crippen LogP contribution in [0.5, 0.6) is 0 Å². The molecule has 0 radical (unpaired) electrons. The van der Waals surface area contributed by atoms with Gasteiger partial charge < -0.3 is 14.9 Å². The summed E-state index contributed by atoms with van der Waals surface area (Å²) in [7, 11) is 0. The fourth-order valence-electron chi connectivity index (χ4n) is 2.09. The van der Waals surface area contributed by atoms with Gasteiger partial charge in [0.2, 0.25) is 0 Å². The molecule has 0 aromatic carbocycles. The number of carbonyl (C=O) groups is 1. The second-order valence-electron chi connectivity index (χ2n) is 4.89. The number of carbonyl (C=O) groups excluding carboxylic acids is 1. The molecule has 20 heavy (non-hydrogen) atoms. The molecule has 2 heterocycles. The Morgan fingerprint density at radius 2 is 2.25 bits per heavy atom. The molecule has 0 saturated heterocycles. The van der Waals surface area contributed by atoms with Gasteiger partial charge in [-0.05, 0) is 20.8 Å². The molecule has 0 aliphatic heterocycles. The predicted molar refractivity (Wildman–Crippen MR) is 75.8 cm³/mol. The first-order valence-corrected chi connectivity index (χ1v) is 6.45. The third-order valence-electron chi connectivity index (χ3n) is 3.17. The van der Waals surface area contributed by atoms with Crippen LogP contribution in [-0.4, -0.2) is 27.0 Å². The zero-order valence-electron chi connectivity index (χ0n) is 11.8. The summed E-state index contributed by atoms with van der Waals surface area (Å²) in [5, 5.41) is 2.78. The summed E-state index contributed by atoms with van der Waals surface area (Å²) < 4.78 is 1.90. The standard InChI is InChI=1S/C14H18N4O2/c1-9-6-12(19)13(11(3)17-9)14(20)16-7-10(2)18-5-4-15-8-18/h4-6,8,10H,7H2,1-3H3,(H,16,20)(H,17,19). The van der Waals surface area contributed by atoms with Crippen molar-refractivity contribution in [1.29, 1.82) is 0 Å². The molecule has 1 amide bonds. The summed E-state index contributed by atoms with van der Waals surface area (Å²) in [5.41, 5.74) is 1.25. The number of aromatic nitrogens is 3. The van der Waals surface area contributed by atoms with Crippen molar-refractivity contribution >= 4 is 5.91 Å². The van der Waals surface area contributed by atoms with E-state index in [1.807, 2.05) is 17.7 Å². The highest BCUT2D eigenvalue weighted by molar-refractivity contribution is 5.95. The molecule has 2 aromatic rings. The Hall–Kier alpha value is -2.37. The number of imidazole rings is 1. The van der Waals surface area contributed by atoms with Crippen molar-refractivity contribution in [2.75, 3.05) is 6.54 Å². The number of nitrogens with one attached hydrogen (secondary N) is 2. The minimum atomic E-state index is -0.351. The van der Waals surface area contributed by atoms with Gasteiger partial charge in [0.1, 0.15) is 5.56 Å². The molecule has 2 rings (SSSR count). The van der Waals surface area contributed by atoms with E-state index in [0.717, 1.165) is 5.69 Å². The van der Waals surface area contributed by atoms with Crippen molar-refractivity contribution in [1.82, 2.24) is 19.9 Å². The predicted octanol–water partition coefficient (Wildman–Crippen LogP) is 1.18. The number of nitrogens with zero attached hydrogens (tertiary/aromatic N) is 2. The topological polar surface area (TPSA) is 79.8 Å². The molecule has 0 fully saturated rings. The van der Waals surface area contributed by atoms with Crippen LogP contribution in [-0.2, 0) is 0 Å². The van der Waals surface area contributed by atoms with Gasteiger partial charge in [-0.2, -0.15) is 0 Å². The Balaban J connectivity index is 2.08. The Bertz CT molecular complexity index is 658. The highest BCUT2D eigenvalue weighted by Gasteiger charge is 2.15. The summed E-state index contributed by atoms with van der Waals surface area (Å²) >= 11 is 0. The van der Waals surface area contributed by atoms with E-state index in [1.54, 1.807) is 26.4 Å². The smallest absolute Gasteiger partial charge is 0.257 e. The number of pyridine rings is 1. The number of H-pyrrole nitrogens is 1. The maximum atomic E-state index is 12.1. The van der Waals surface area contributed by atoms with Crippen LogP contribution >= 0.6 is 0 Å². The molecule has 1 atom stereocenters. The first-order valence-electron chi connectivity index (χ1n) is 6.45. The fourth-order valence-corrected chi connectivity index (χ4v) is 2.09. The van der Waals surface area contributed by atoms with Gasteiger partial charge in [-0.25, -0.2) is 4.98 Å². The van der Waals surface area contributed by atoms with E-state index in [1.165, 1.54) is 6.07 Å². The molecule has 0 bridgehead atoms. The summed E-state index contributed by atoms with van der Waals surface area (Å²) in [6.45, 7) is 5.91. The van der Waals surface area contributed by atoms with Crippen molar-refractivity contribution < 1.29 is 4.79 Å². The number of rotatable bonds is 4. The Morgan fingerprint density at radius 3 is 2.85 bits per heavy atom. The first kappa shape index (κ1) is 14.0. The number of aromatic amines is 1. The summed E-state index contributed by atoms with van der Waals surface area (Å²) in [4.78, 5) is 31.0. The minimum absolute atomic E-state index is 0.0753. The van der Waals surface area contributed by atoms with Gasteiger partial charge in [-0.15, -0.1) is 0 Å². The minimum Gasteiger partial charge on any atom is -0.362 e. The molecule has 2 aromatic heterocycles. The van der Waals surface area contributed by atoms with Crippen molar-refractivity contribution in [2.24, 2.45) is 0 Å². The van der Waals surface area contributed by atoms with Crippen LogP contribution in [0.3, 0.4) is 0 Å². The summed E-state index contributed by atoms with van der Waals surface area (Å²) in [6, 6.07) is 1.51. The van der Waals surface area contributed by atoms with Gasteiger partial charge in [-0.3, -0.25) is 9.59 Å². The fraction of sp³-hybridized carbons (Fsp3) is 0.357. The molecular weight excluding hydrogens is 256 g/mol. The monoisotopic (exact) mass is 274 g/mol. The average Bonchev–Trinajstić information content (AvgIpc) is 2.88. The molecule has 6 heteroatoms. The Labute approximate surface area is 116 Å². The second-order valence-corrected chi connectivity index (χ2v) is 4.89. The number of hydrogen-bond donors (Lipinski definition) is 2. The third-order valence-corrected chi connectivity index (χ3v) is 3.17. The van der Waals surface area contributed by atoms with E-state index in [-0.39, 0.29) is 22.9 Å². The molecule has 6 nitrogen and oxygen atoms in total. The lowest BCUT2D eigenvalue weighted by atomic mass is 10.1. The van der Waals surface area contributed by atoms with Crippen molar-refractivity contribution in [2.45, 2.75) is 26.8 Å². The van der Waals surface area contributed by atoms with Gasteiger partial charge in [0.05, 0.1) is 6.33 Å². The Kier molecular flexibility index (Phi) is 4.02. The van der Waals surface area contributed by atoms with Gasteiger partial charge >= 0.3 is 0 Å². The zero-order valence-corrected chi connectivity index (χ0v) is 11.8. The van der Waals surface area contributed by atoms with E-state index in [0.29, 0.717) is 12.2 Å². The average molecular weight is 274 g/mol. The normalized spacial score (nSPS) is 12.2. The van der Waals surface area contributed by atoms with E-state index in [4.69, 9.17) is 0 Å². The lowest BCUT2D eigenvalue weighted by molar-refractivity contribution is 0.0946. The van der Waals surface area contributed by atoms with Gasteiger partial charge in [-0.1, -0.05) is 0 Å². The van der Waals surface area contributed by atoms with Crippen LogP contribution < -0.4 is 10.7 Å². The molecule has 1 unspecified atom stereocenters. The van der Waals surface area contributed by atoms with E-state index >= 15 is 0 Å². The van der Waals surface area contributed by atoms with Crippen molar-refractivity contribution in [3.8, 4) is 0 Å². The van der Waals surface area contributed by atoms with E-state index in [2.05, 4.69) is 15.3 Å². The summed E-state index contributed by atoms with van der Waals surface area (Å²) in [5.74, 6) is -0.351. The van der Waals surface area contributed by atoms with Crippen LogP contribution in [0.25, 0.3) is 0 Å². The second kappa shape index (κ2) is 5.73. The Morgan fingerprint density at radius 1 is 1.50 bits per heavy atom. The molecular formula is C14H18N4O2. The van der Waals surface area contributed by atoms with Crippen LogP contribution in [0.1, 0.15) is 34.7 Å². The quantitative estimate of drug-likeness (QED) is 0.878. The van der Waals surface area contributed by atoms with Gasteiger partial charge in [0.15, 0.2) is 5.43 Å². The van der Waals surface area contributed by atoms with Crippen molar-refractivity contribution in [3.05, 3.63) is 52.0 Å². The lowest BCUT2D eigenvalue weighted by Crippen LogP contribution is -2.33. The number of hydrogen-bond acceptors (Lipinski definition) is 3. The van der Waals surface area contributed by atoms with E-state index < -0.39 is 0 Å². The van der Waals surface area contributed by atoms with Crippen molar-refractivity contribution in [3.63, 3.8) is 0 Å². The third kappa shape index (κ3) is 2.96. The van der Waals surface area contributed by atoms with Crippen LogP contribution in [0.4, 0.5) is 0 Å². The maximum absolute atomic E-state index is 12.1. The highest BCUT2D eigenvalue weighted by Crippen LogP contribution is 2.04. The molecule has 0 saturated carbocycles. The SMILES string of the molecule is Cc1cc(=O)c(C(=O)NCC(C)n2ccnc2)c(C)[nH]1. The van der Waals surface area contributed by atoms with Gasteiger partial charge in [0, 0.05) is 42.4 Å². The number of amides is 1. The molecule has 0 aliphatic carbocycles. The van der Waals surface area contributed by atoms with Crippen LogP contribution in [0, 0.1) is 13.8 Å². The molecule has 0 spiro atoms. The van der Waals surface area contributed by atoms with Crippen LogP contribution in [0.15, 0.2) is 29.6 Å².